The van der Waals surface area contributed by atoms with E-state index in [0.29, 0.717) is 12.1 Å². The zero-order valence-corrected chi connectivity index (χ0v) is 12.2. The first kappa shape index (κ1) is 13.8. The molecule has 2 aliphatic heterocycles. The lowest BCUT2D eigenvalue weighted by molar-refractivity contribution is 0.155. The maximum atomic E-state index is 13.2. The van der Waals surface area contributed by atoms with Crippen molar-refractivity contribution in [2.45, 2.75) is 44.4 Å². The van der Waals surface area contributed by atoms with Crippen molar-refractivity contribution in [3.8, 4) is 5.75 Å². The molecule has 2 heterocycles. The van der Waals surface area contributed by atoms with Gasteiger partial charge < -0.3 is 15.0 Å². The fraction of sp³-hybridized carbons (Fsp3) is 0.625. The molecule has 20 heavy (non-hydrogen) atoms. The Kier molecular flexibility index (Phi) is 3.94. The SMILES string of the molecule is CC1CC(NCC2Cc3cc(F)ccc3O2)CCN1C. The predicted molar refractivity (Wildman–Crippen MR) is 77.6 cm³/mol. The van der Waals surface area contributed by atoms with Crippen molar-refractivity contribution in [2.75, 3.05) is 20.1 Å². The quantitative estimate of drug-likeness (QED) is 0.917. The molecule has 0 spiro atoms. The van der Waals surface area contributed by atoms with Crippen LogP contribution in [-0.2, 0) is 6.42 Å². The van der Waals surface area contributed by atoms with Crippen LogP contribution in [0.2, 0.25) is 0 Å². The minimum atomic E-state index is -0.176. The summed E-state index contributed by atoms with van der Waals surface area (Å²) < 4.78 is 19.0. The molecule has 110 valence electrons. The summed E-state index contributed by atoms with van der Waals surface area (Å²) in [5.41, 5.74) is 0.994. The summed E-state index contributed by atoms with van der Waals surface area (Å²) in [5, 5.41) is 3.62. The van der Waals surface area contributed by atoms with E-state index in [-0.39, 0.29) is 11.9 Å². The zero-order valence-electron chi connectivity index (χ0n) is 12.2. The van der Waals surface area contributed by atoms with Gasteiger partial charge in [-0.25, -0.2) is 4.39 Å². The van der Waals surface area contributed by atoms with Crippen LogP contribution in [0.5, 0.6) is 5.75 Å². The third kappa shape index (κ3) is 2.96. The number of hydrogen-bond donors (Lipinski definition) is 1. The fourth-order valence-electron chi connectivity index (χ4n) is 3.18. The predicted octanol–water partition coefficient (Wildman–Crippen LogP) is 2.20. The fourth-order valence-corrected chi connectivity index (χ4v) is 3.18. The summed E-state index contributed by atoms with van der Waals surface area (Å²) in [6.45, 7) is 4.27. The van der Waals surface area contributed by atoms with E-state index in [1.165, 1.54) is 18.9 Å². The first-order valence-electron chi connectivity index (χ1n) is 7.50. The van der Waals surface area contributed by atoms with E-state index in [2.05, 4.69) is 24.2 Å². The number of halogens is 1. The zero-order chi connectivity index (χ0) is 14.1. The summed E-state index contributed by atoms with van der Waals surface area (Å²) in [6, 6.07) is 6.00. The number of fused-ring (bicyclic) bond motifs is 1. The second kappa shape index (κ2) is 5.70. The molecule has 4 heteroatoms. The number of likely N-dealkylation sites (tertiary alicyclic amines) is 1. The number of hydrogen-bond acceptors (Lipinski definition) is 3. The summed E-state index contributed by atoms with van der Waals surface area (Å²) in [6.07, 6.45) is 3.32. The van der Waals surface area contributed by atoms with E-state index < -0.39 is 0 Å². The van der Waals surface area contributed by atoms with Crippen LogP contribution < -0.4 is 10.1 Å². The molecule has 3 nitrogen and oxygen atoms in total. The van der Waals surface area contributed by atoms with Gasteiger partial charge in [-0.2, -0.15) is 0 Å². The highest BCUT2D eigenvalue weighted by atomic mass is 19.1. The van der Waals surface area contributed by atoms with Gasteiger partial charge in [-0.1, -0.05) is 0 Å². The average Bonchev–Trinajstić information content (AvgIpc) is 2.82. The molecular formula is C16H23FN2O. The van der Waals surface area contributed by atoms with Crippen molar-refractivity contribution in [3.05, 3.63) is 29.6 Å². The molecule has 0 radical (unpaired) electrons. The Bertz CT molecular complexity index is 480. The van der Waals surface area contributed by atoms with Crippen LogP contribution in [0.3, 0.4) is 0 Å². The molecule has 1 aromatic carbocycles. The van der Waals surface area contributed by atoms with Crippen LogP contribution in [0.4, 0.5) is 4.39 Å². The Morgan fingerprint density at radius 1 is 1.45 bits per heavy atom. The monoisotopic (exact) mass is 278 g/mol. The molecule has 3 rings (SSSR count). The number of nitrogens with zero attached hydrogens (tertiary/aromatic N) is 1. The number of nitrogens with one attached hydrogen (secondary N) is 1. The van der Waals surface area contributed by atoms with Gasteiger partial charge in [-0.15, -0.1) is 0 Å². The van der Waals surface area contributed by atoms with Crippen molar-refractivity contribution < 1.29 is 9.13 Å². The van der Waals surface area contributed by atoms with E-state index in [0.717, 1.165) is 30.8 Å². The third-order valence-corrected chi connectivity index (χ3v) is 4.61. The molecule has 1 N–H and O–H groups in total. The Hall–Kier alpha value is -1.13. The average molecular weight is 278 g/mol. The standard InChI is InChI=1S/C16H23FN2O/c1-11-7-14(5-6-19(11)2)18-10-15-9-12-8-13(17)3-4-16(12)20-15/h3-4,8,11,14-15,18H,5-7,9-10H2,1-2H3. The number of benzene rings is 1. The minimum absolute atomic E-state index is 0.141. The second-order valence-corrected chi connectivity index (χ2v) is 6.16. The second-order valence-electron chi connectivity index (χ2n) is 6.16. The molecule has 0 bridgehead atoms. The summed E-state index contributed by atoms with van der Waals surface area (Å²) in [7, 11) is 2.19. The number of piperidine rings is 1. The molecule has 0 amide bonds. The van der Waals surface area contributed by atoms with E-state index in [1.54, 1.807) is 12.1 Å². The smallest absolute Gasteiger partial charge is 0.123 e. The molecule has 0 saturated carbocycles. The van der Waals surface area contributed by atoms with Crippen molar-refractivity contribution >= 4 is 0 Å². The highest BCUT2D eigenvalue weighted by Crippen LogP contribution is 2.29. The molecule has 0 aliphatic carbocycles. The lowest BCUT2D eigenvalue weighted by atomic mass is 9.98. The number of rotatable bonds is 3. The van der Waals surface area contributed by atoms with Crippen molar-refractivity contribution in [1.29, 1.82) is 0 Å². The first-order chi connectivity index (χ1) is 9.61. The maximum Gasteiger partial charge on any atom is 0.123 e. The third-order valence-electron chi connectivity index (χ3n) is 4.61. The largest absolute Gasteiger partial charge is 0.488 e. The molecule has 3 unspecified atom stereocenters. The van der Waals surface area contributed by atoms with Crippen molar-refractivity contribution in [2.24, 2.45) is 0 Å². The van der Waals surface area contributed by atoms with Gasteiger partial charge in [0.15, 0.2) is 0 Å². The Morgan fingerprint density at radius 3 is 3.10 bits per heavy atom. The van der Waals surface area contributed by atoms with Gasteiger partial charge >= 0.3 is 0 Å². The lowest BCUT2D eigenvalue weighted by Crippen LogP contribution is -2.47. The van der Waals surface area contributed by atoms with E-state index in [9.17, 15) is 4.39 Å². The molecule has 1 saturated heterocycles. The van der Waals surface area contributed by atoms with Gasteiger partial charge in [-0.3, -0.25) is 0 Å². The lowest BCUT2D eigenvalue weighted by Gasteiger charge is -2.35. The topological polar surface area (TPSA) is 24.5 Å². The first-order valence-corrected chi connectivity index (χ1v) is 7.50. The van der Waals surface area contributed by atoms with Crippen LogP contribution in [0.25, 0.3) is 0 Å². The van der Waals surface area contributed by atoms with Gasteiger partial charge in [0.25, 0.3) is 0 Å². The minimum Gasteiger partial charge on any atom is -0.488 e. The highest BCUT2D eigenvalue weighted by Gasteiger charge is 2.26. The molecule has 0 aromatic heterocycles. The van der Waals surface area contributed by atoms with E-state index in [1.807, 2.05) is 0 Å². The van der Waals surface area contributed by atoms with Gasteiger partial charge in [-0.05, 0) is 51.6 Å². The summed E-state index contributed by atoms with van der Waals surface area (Å²) in [5.74, 6) is 0.667. The molecule has 2 aliphatic rings. The van der Waals surface area contributed by atoms with Crippen LogP contribution in [0, 0.1) is 5.82 Å². The molecule has 3 atom stereocenters. The van der Waals surface area contributed by atoms with Crippen molar-refractivity contribution in [3.63, 3.8) is 0 Å². The van der Waals surface area contributed by atoms with Crippen molar-refractivity contribution in [1.82, 2.24) is 10.2 Å². The van der Waals surface area contributed by atoms with Gasteiger partial charge in [0.2, 0.25) is 0 Å². The van der Waals surface area contributed by atoms with Gasteiger partial charge in [0, 0.05) is 30.6 Å². The normalized spacial score (nSPS) is 30.1. The molecule has 1 fully saturated rings. The van der Waals surface area contributed by atoms with Crippen LogP contribution in [-0.4, -0.2) is 43.2 Å². The molecule has 1 aromatic rings. The van der Waals surface area contributed by atoms with Gasteiger partial charge in [0.05, 0.1) is 0 Å². The summed E-state index contributed by atoms with van der Waals surface area (Å²) in [4.78, 5) is 2.41. The van der Waals surface area contributed by atoms with Crippen LogP contribution >= 0.6 is 0 Å². The highest BCUT2D eigenvalue weighted by molar-refractivity contribution is 5.37. The van der Waals surface area contributed by atoms with Crippen LogP contribution in [0.15, 0.2) is 18.2 Å². The Balaban J connectivity index is 1.49. The molecular weight excluding hydrogens is 255 g/mol. The Morgan fingerprint density at radius 2 is 2.30 bits per heavy atom. The maximum absolute atomic E-state index is 13.2. The van der Waals surface area contributed by atoms with E-state index >= 15 is 0 Å². The van der Waals surface area contributed by atoms with Crippen LogP contribution in [0.1, 0.15) is 25.3 Å². The van der Waals surface area contributed by atoms with Gasteiger partial charge in [0.1, 0.15) is 17.7 Å². The van der Waals surface area contributed by atoms with E-state index in [4.69, 9.17) is 4.74 Å². The summed E-state index contributed by atoms with van der Waals surface area (Å²) >= 11 is 0. The number of ether oxygens (including phenoxy) is 1. The Labute approximate surface area is 120 Å².